The summed E-state index contributed by atoms with van der Waals surface area (Å²) in [5, 5.41) is 3.65. The summed E-state index contributed by atoms with van der Waals surface area (Å²) in [7, 11) is 0. The molecule has 1 N–H and O–H groups in total. The zero-order valence-electron chi connectivity index (χ0n) is 9.80. The second-order valence-electron chi connectivity index (χ2n) is 4.72. The van der Waals surface area contributed by atoms with Crippen molar-refractivity contribution in [2.75, 3.05) is 13.2 Å². The fourth-order valence-corrected chi connectivity index (χ4v) is 2.37. The van der Waals surface area contributed by atoms with E-state index >= 15 is 0 Å². The maximum absolute atomic E-state index is 5.79. The normalized spacial score (nSPS) is 23.9. The Morgan fingerprint density at radius 3 is 2.87 bits per heavy atom. The van der Waals surface area contributed by atoms with Gasteiger partial charge in [0.05, 0.1) is 12.6 Å². The van der Waals surface area contributed by atoms with Gasteiger partial charge < -0.3 is 10.1 Å². The van der Waals surface area contributed by atoms with Crippen molar-refractivity contribution in [2.45, 2.75) is 51.5 Å². The van der Waals surface area contributed by atoms with Crippen molar-refractivity contribution in [3.63, 3.8) is 0 Å². The Labute approximate surface area is 93.1 Å². The van der Waals surface area contributed by atoms with Crippen LogP contribution in [0.4, 0.5) is 0 Å². The Hall–Kier alpha value is -0.500. The molecule has 1 aliphatic carbocycles. The van der Waals surface area contributed by atoms with Gasteiger partial charge >= 0.3 is 0 Å². The molecular formula is C13H23NO. The lowest BCUT2D eigenvalue weighted by Crippen LogP contribution is -2.42. The van der Waals surface area contributed by atoms with E-state index in [-0.39, 0.29) is 0 Å². The molecule has 1 heterocycles. The van der Waals surface area contributed by atoms with Crippen LogP contribution in [0.2, 0.25) is 0 Å². The summed E-state index contributed by atoms with van der Waals surface area (Å²) in [6.45, 7) is 4.26. The maximum Gasteiger partial charge on any atom is 0.109 e. The predicted molar refractivity (Wildman–Crippen MR) is 62.7 cm³/mol. The van der Waals surface area contributed by atoms with Gasteiger partial charge in [0.1, 0.15) is 5.76 Å². The minimum absolute atomic E-state index is 0.513. The van der Waals surface area contributed by atoms with Gasteiger partial charge in [0.2, 0.25) is 0 Å². The molecule has 1 atom stereocenters. The fourth-order valence-electron chi connectivity index (χ4n) is 2.37. The topological polar surface area (TPSA) is 21.3 Å². The molecule has 0 bridgehead atoms. The minimum atomic E-state index is 0.513. The second kappa shape index (κ2) is 5.55. The van der Waals surface area contributed by atoms with Crippen LogP contribution in [-0.2, 0) is 4.74 Å². The first kappa shape index (κ1) is 11.0. The Bertz CT molecular complexity index is 221. The Kier molecular flexibility index (Phi) is 4.07. The average Bonchev–Trinajstić information content (AvgIpc) is 2.22. The van der Waals surface area contributed by atoms with Gasteiger partial charge in [-0.15, -0.1) is 0 Å². The molecule has 0 aromatic heterocycles. The zero-order chi connectivity index (χ0) is 10.5. The van der Waals surface area contributed by atoms with Crippen molar-refractivity contribution < 1.29 is 4.74 Å². The number of hydrogen-bond acceptors (Lipinski definition) is 2. The van der Waals surface area contributed by atoms with Gasteiger partial charge in [0.25, 0.3) is 0 Å². The third-order valence-corrected chi connectivity index (χ3v) is 3.50. The smallest absolute Gasteiger partial charge is 0.109 e. The van der Waals surface area contributed by atoms with E-state index in [0.29, 0.717) is 6.04 Å². The van der Waals surface area contributed by atoms with E-state index < -0.39 is 0 Å². The molecule has 1 saturated carbocycles. The largest absolute Gasteiger partial charge is 0.497 e. The highest BCUT2D eigenvalue weighted by Crippen LogP contribution is 2.33. The lowest BCUT2D eigenvalue weighted by Gasteiger charge is -2.36. The molecule has 1 unspecified atom stereocenters. The third-order valence-electron chi connectivity index (χ3n) is 3.50. The van der Waals surface area contributed by atoms with Gasteiger partial charge in [-0.3, -0.25) is 0 Å². The number of allylic oxidation sites excluding steroid dienone is 1. The van der Waals surface area contributed by atoms with Crippen LogP contribution in [0.3, 0.4) is 0 Å². The van der Waals surface area contributed by atoms with Crippen molar-refractivity contribution >= 4 is 0 Å². The van der Waals surface area contributed by atoms with E-state index in [1.54, 1.807) is 0 Å². The number of hydrogen-bond donors (Lipinski definition) is 1. The summed E-state index contributed by atoms with van der Waals surface area (Å²) in [6.07, 6.45) is 10.1. The highest BCUT2D eigenvalue weighted by Gasteiger charge is 2.30. The molecular weight excluding hydrogens is 186 g/mol. The van der Waals surface area contributed by atoms with E-state index in [1.165, 1.54) is 44.3 Å². The molecule has 0 spiro atoms. The number of ether oxygens (including phenoxy) is 1. The van der Waals surface area contributed by atoms with Crippen LogP contribution in [-0.4, -0.2) is 19.2 Å². The molecule has 2 heteroatoms. The molecule has 0 aromatic carbocycles. The number of nitrogens with one attached hydrogen (secondary N) is 1. The molecule has 15 heavy (non-hydrogen) atoms. The molecule has 1 aliphatic heterocycles. The third kappa shape index (κ3) is 2.75. The highest BCUT2D eigenvalue weighted by molar-refractivity contribution is 5.09. The first-order valence-electron chi connectivity index (χ1n) is 6.48. The second-order valence-corrected chi connectivity index (χ2v) is 4.72. The van der Waals surface area contributed by atoms with Crippen molar-refractivity contribution in [1.82, 2.24) is 5.32 Å². The maximum atomic E-state index is 5.79. The minimum Gasteiger partial charge on any atom is -0.497 e. The monoisotopic (exact) mass is 209 g/mol. The molecule has 2 rings (SSSR count). The van der Waals surface area contributed by atoms with E-state index in [1.807, 2.05) is 0 Å². The SMILES string of the molecule is CCCNC(C1=CCCCO1)C1CCC1. The van der Waals surface area contributed by atoms with Crippen molar-refractivity contribution in [1.29, 1.82) is 0 Å². The zero-order valence-corrected chi connectivity index (χ0v) is 9.80. The molecule has 86 valence electrons. The summed E-state index contributed by atoms with van der Waals surface area (Å²) >= 11 is 0. The van der Waals surface area contributed by atoms with Gasteiger partial charge in [-0.25, -0.2) is 0 Å². The molecule has 0 saturated heterocycles. The highest BCUT2D eigenvalue weighted by atomic mass is 16.5. The van der Waals surface area contributed by atoms with Crippen LogP contribution in [0.15, 0.2) is 11.8 Å². The van der Waals surface area contributed by atoms with Gasteiger partial charge in [0.15, 0.2) is 0 Å². The van der Waals surface area contributed by atoms with Crippen LogP contribution >= 0.6 is 0 Å². The first-order chi connectivity index (χ1) is 7.42. The van der Waals surface area contributed by atoms with Crippen molar-refractivity contribution in [3.8, 4) is 0 Å². The molecule has 1 fully saturated rings. The summed E-state index contributed by atoms with van der Waals surface area (Å²) < 4.78 is 5.79. The van der Waals surface area contributed by atoms with Gasteiger partial charge in [0, 0.05) is 0 Å². The van der Waals surface area contributed by atoms with Crippen molar-refractivity contribution in [3.05, 3.63) is 11.8 Å². The first-order valence-corrected chi connectivity index (χ1v) is 6.48. The van der Waals surface area contributed by atoms with E-state index in [4.69, 9.17) is 4.74 Å². The van der Waals surface area contributed by atoms with E-state index in [9.17, 15) is 0 Å². The van der Waals surface area contributed by atoms with E-state index in [0.717, 1.165) is 19.1 Å². The van der Waals surface area contributed by atoms with E-state index in [2.05, 4.69) is 18.3 Å². The average molecular weight is 209 g/mol. The number of rotatable bonds is 5. The molecule has 2 aliphatic rings. The Balaban J connectivity index is 1.93. The lowest BCUT2D eigenvalue weighted by atomic mass is 9.78. The Morgan fingerprint density at radius 1 is 1.47 bits per heavy atom. The summed E-state index contributed by atoms with van der Waals surface area (Å²) in [5.74, 6) is 2.07. The van der Waals surface area contributed by atoms with Gasteiger partial charge in [-0.2, -0.15) is 0 Å². The van der Waals surface area contributed by atoms with Crippen LogP contribution in [0.1, 0.15) is 45.4 Å². The van der Waals surface area contributed by atoms with Crippen LogP contribution < -0.4 is 5.32 Å². The summed E-state index contributed by atoms with van der Waals surface area (Å²) in [6, 6.07) is 0.513. The van der Waals surface area contributed by atoms with Crippen LogP contribution in [0, 0.1) is 5.92 Å². The molecule has 0 amide bonds. The van der Waals surface area contributed by atoms with Crippen molar-refractivity contribution in [2.24, 2.45) is 5.92 Å². The van der Waals surface area contributed by atoms with Crippen LogP contribution in [0.5, 0.6) is 0 Å². The summed E-state index contributed by atoms with van der Waals surface area (Å²) in [5.41, 5.74) is 0. The molecule has 0 radical (unpaired) electrons. The molecule has 0 aromatic rings. The summed E-state index contributed by atoms with van der Waals surface area (Å²) in [4.78, 5) is 0. The standard InChI is InChI=1S/C13H23NO/c1-2-9-14-13(11-6-5-7-11)12-8-3-4-10-15-12/h8,11,13-14H,2-7,9-10H2,1H3. The quantitative estimate of drug-likeness (QED) is 0.751. The predicted octanol–water partition coefficient (Wildman–Crippen LogP) is 2.85. The van der Waals surface area contributed by atoms with Gasteiger partial charge in [-0.05, 0) is 50.6 Å². The lowest BCUT2D eigenvalue weighted by molar-refractivity contribution is 0.128. The van der Waals surface area contributed by atoms with Crippen LogP contribution in [0.25, 0.3) is 0 Å². The fraction of sp³-hybridized carbons (Fsp3) is 0.846. The van der Waals surface area contributed by atoms with Gasteiger partial charge in [-0.1, -0.05) is 13.3 Å². The Morgan fingerprint density at radius 2 is 2.33 bits per heavy atom. The molecule has 2 nitrogen and oxygen atoms in total.